The molecule has 2 aromatic rings. The maximum atomic E-state index is 12.6. The van der Waals surface area contributed by atoms with Gasteiger partial charge in [-0.2, -0.15) is 0 Å². The summed E-state index contributed by atoms with van der Waals surface area (Å²) in [5.41, 5.74) is 1.16. The summed E-state index contributed by atoms with van der Waals surface area (Å²) in [6.45, 7) is 1.94. The number of rotatable bonds is 9. The summed E-state index contributed by atoms with van der Waals surface area (Å²) in [6.07, 6.45) is 0.393. The first-order chi connectivity index (χ1) is 15.7. The molecule has 1 saturated heterocycles. The van der Waals surface area contributed by atoms with Gasteiger partial charge in [-0.15, -0.1) is 0 Å². The first-order valence-electron chi connectivity index (χ1n) is 10.5. The summed E-state index contributed by atoms with van der Waals surface area (Å²) < 4.78 is 40.4. The number of amides is 1. The number of hydrogen-bond acceptors (Lipinski definition) is 7. The van der Waals surface area contributed by atoms with Gasteiger partial charge in [0, 0.05) is 12.6 Å². The summed E-state index contributed by atoms with van der Waals surface area (Å²) in [6, 6.07) is 12.2. The molecule has 8 nitrogen and oxygen atoms in total. The van der Waals surface area contributed by atoms with Gasteiger partial charge in [0.25, 0.3) is 5.91 Å². The van der Waals surface area contributed by atoms with Crippen molar-refractivity contribution in [2.24, 2.45) is 0 Å². The van der Waals surface area contributed by atoms with E-state index < -0.39 is 28.3 Å². The van der Waals surface area contributed by atoms with Gasteiger partial charge < -0.3 is 19.1 Å². The van der Waals surface area contributed by atoms with Crippen LogP contribution < -0.4 is 9.47 Å². The number of sulfone groups is 1. The maximum absolute atomic E-state index is 12.6. The number of likely N-dealkylation sites (N-methyl/N-ethyl adjacent to an activating group) is 1. The van der Waals surface area contributed by atoms with Crippen molar-refractivity contribution in [1.29, 1.82) is 0 Å². The molecule has 3 rings (SSSR count). The van der Waals surface area contributed by atoms with Crippen molar-refractivity contribution in [3.8, 4) is 11.5 Å². The summed E-state index contributed by atoms with van der Waals surface area (Å²) in [4.78, 5) is 26.6. The summed E-state index contributed by atoms with van der Waals surface area (Å²) in [5.74, 6) is -0.351. The molecule has 0 saturated carbocycles. The Morgan fingerprint density at radius 3 is 2.52 bits per heavy atom. The van der Waals surface area contributed by atoms with Crippen molar-refractivity contribution in [3.63, 3.8) is 0 Å². The molecule has 10 heteroatoms. The average molecular weight is 540 g/mol. The number of benzene rings is 2. The SMILES string of the molecule is CCN(C(=O)COC(=O)c1cc(Br)c(OCc2ccccc2)c(OC)c1)C1CCS(=O)(=O)C1. The highest BCUT2D eigenvalue weighted by Crippen LogP contribution is 2.37. The largest absolute Gasteiger partial charge is 0.493 e. The summed E-state index contributed by atoms with van der Waals surface area (Å²) in [7, 11) is -1.67. The van der Waals surface area contributed by atoms with Crippen LogP contribution in [-0.2, 0) is 26.0 Å². The van der Waals surface area contributed by atoms with E-state index in [0.717, 1.165) is 5.56 Å². The molecule has 1 unspecified atom stereocenters. The zero-order chi connectivity index (χ0) is 24.0. The van der Waals surface area contributed by atoms with E-state index >= 15 is 0 Å². The Morgan fingerprint density at radius 2 is 1.91 bits per heavy atom. The lowest BCUT2D eigenvalue weighted by Gasteiger charge is -2.26. The number of hydrogen-bond donors (Lipinski definition) is 0. The van der Waals surface area contributed by atoms with Crippen molar-refractivity contribution in [2.45, 2.75) is 26.0 Å². The summed E-state index contributed by atoms with van der Waals surface area (Å²) >= 11 is 3.41. The lowest BCUT2D eigenvalue weighted by molar-refractivity contribution is -0.136. The molecule has 0 aliphatic carbocycles. The molecule has 1 heterocycles. The normalized spacial score (nSPS) is 16.8. The van der Waals surface area contributed by atoms with E-state index in [2.05, 4.69) is 15.9 Å². The molecule has 0 bridgehead atoms. The zero-order valence-electron chi connectivity index (χ0n) is 18.5. The fourth-order valence-corrected chi connectivity index (χ4v) is 5.95. The van der Waals surface area contributed by atoms with Crippen LogP contribution >= 0.6 is 15.9 Å². The van der Waals surface area contributed by atoms with Crippen molar-refractivity contribution in [2.75, 3.05) is 31.8 Å². The third-order valence-electron chi connectivity index (χ3n) is 5.33. The lowest BCUT2D eigenvalue weighted by atomic mass is 10.2. The predicted octanol–water partition coefficient (Wildman–Crippen LogP) is 3.23. The molecular weight excluding hydrogens is 514 g/mol. The Hall–Kier alpha value is -2.59. The van der Waals surface area contributed by atoms with Gasteiger partial charge in [-0.25, -0.2) is 13.2 Å². The second kappa shape index (κ2) is 11.0. The third kappa shape index (κ3) is 6.48. The number of ether oxygens (including phenoxy) is 3. The third-order valence-corrected chi connectivity index (χ3v) is 7.67. The molecule has 0 spiro atoms. The van der Waals surface area contributed by atoms with Gasteiger partial charge in [-0.1, -0.05) is 30.3 Å². The van der Waals surface area contributed by atoms with Gasteiger partial charge in [0.2, 0.25) is 0 Å². The first kappa shape index (κ1) is 25.0. The number of carbonyl (C=O) groups excluding carboxylic acids is 2. The van der Waals surface area contributed by atoms with Crippen LogP contribution in [0.1, 0.15) is 29.3 Å². The zero-order valence-corrected chi connectivity index (χ0v) is 20.9. The van der Waals surface area contributed by atoms with Gasteiger partial charge in [0.05, 0.1) is 28.7 Å². The Bertz CT molecular complexity index is 1110. The molecular formula is C23H26BrNO7S. The van der Waals surface area contributed by atoms with Gasteiger partial charge in [0.15, 0.2) is 27.9 Å². The van der Waals surface area contributed by atoms with Crippen LogP contribution in [0.3, 0.4) is 0 Å². The predicted molar refractivity (Wildman–Crippen MR) is 126 cm³/mol. The van der Waals surface area contributed by atoms with Gasteiger partial charge >= 0.3 is 5.97 Å². The van der Waals surface area contributed by atoms with Crippen molar-refractivity contribution < 1.29 is 32.2 Å². The average Bonchev–Trinajstić information content (AvgIpc) is 3.16. The van der Waals surface area contributed by atoms with Crippen LogP contribution in [0.25, 0.3) is 0 Å². The highest BCUT2D eigenvalue weighted by molar-refractivity contribution is 9.10. The van der Waals surface area contributed by atoms with Crippen molar-refractivity contribution >= 4 is 37.6 Å². The van der Waals surface area contributed by atoms with E-state index in [1.165, 1.54) is 24.1 Å². The standard InChI is InChI=1S/C23H26BrNO7S/c1-3-25(18-9-10-33(28,29)15-18)21(26)14-32-23(27)17-11-19(24)22(20(12-17)30-2)31-13-16-7-5-4-6-8-16/h4-8,11-12,18H,3,9-10,13-15H2,1-2H3. The van der Waals surface area contributed by atoms with Crippen LogP contribution in [0.4, 0.5) is 0 Å². The monoisotopic (exact) mass is 539 g/mol. The second-order valence-electron chi connectivity index (χ2n) is 7.58. The number of carbonyl (C=O) groups is 2. The Balaban J connectivity index is 1.64. The van der Waals surface area contributed by atoms with Gasteiger partial charge in [-0.3, -0.25) is 4.79 Å². The Morgan fingerprint density at radius 1 is 1.18 bits per heavy atom. The van der Waals surface area contributed by atoms with Crippen molar-refractivity contribution in [3.05, 3.63) is 58.1 Å². The minimum absolute atomic E-state index is 0.0604. The molecule has 1 fully saturated rings. The highest BCUT2D eigenvalue weighted by atomic mass is 79.9. The number of halogens is 1. The topological polar surface area (TPSA) is 99.2 Å². The molecule has 1 aliphatic rings. The van der Waals surface area contributed by atoms with Gasteiger partial charge in [-0.05, 0) is 47.0 Å². The van der Waals surface area contributed by atoms with Crippen molar-refractivity contribution in [1.82, 2.24) is 4.90 Å². The second-order valence-corrected chi connectivity index (χ2v) is 10.7. The quantitative estimate of drug-likeness (QED) is 0.451. The van der Waals surface area contributed by atoms with E-state index in [0.29, 0.717) is 35.5 Å². The smallest absolute Gasteiger partial charge is 0.338 e. The van der Waals surface area contributed by atoms with Gasteiger partial charge in [0.1, 0.15) is 6.61 Å². The fourth-order valence-electron chi connectivity index (χ4n) is 3.66. The maximum Gasteiger partial charge on any atom is 0.338 e. The Labute approximate surface area is 201 Å². The number of nitrogens with zero attached hydrogens (tertiary/aromatic N) is 1. The molecule has 1 aliphatic heterocycles. The highest BCUT2D eigenvalue weighted by Gasteiger charge is 2.34. The molecule has 33 heavy (non-hydrogen) atoms. The molecule has 2 aromatic carbocycles. The fraction of sp³-hybridized carbons (Fsp3) is 0.391. The van der Waals surface area contributed by atoms with E-state index in [9.17, 15) is 18.0 Å². The van der Waals surface area contributed by atoms with Crippen LogP contribution in [0.2, 0.25) is 0 Å². The number of methoxy groups -OCH3 is 1. The minimum atomic E-state index is -3.13. The molecule has 178 valence electrons. The first-order valence-corrected chi connectivity index (χ1v) is 13.1. The summed E-state index contributed by atoms with van der Waals surface area (Å²) in [5, 5.41) is 0. The lowest BCUT2D eigenvalue weighted by Crippen LogP contribution is -2.43. The van der Waals surface area contributed by atoms with E-state index in [-0.39, 0.29) is 23.1 Å². The molecule has 0 N–H and O–H groups in total. The van der Waals surface area contributed by atoms with E-state index in [1.54, 1.807) is 6.92 Å². The van der Waals surface area contributed by atoms with Crippen LogP contribution in [0, 0.1) is 0 Å². The van der Waals surface area contributed by atoms with Crippen LogP contribution in [0.15, 0.2) is 46.9 Å². The van der Waals surface area contributed by atoms with Crippen LogP contribution in [-0.4, -0.2) is 63.0 Å². The van der Waals surface area contributed by atoms with E-state index in [4.69, 9.17) is 14.2 Å². The number of esters is 1. The Kier molecular flexibility index (Phi) is 8.36. The van der Waals surface area contributed by atoms with Crippen LogP contribution in [0.5, 0.6) is 11.5 Å². The molecule has 0 radical (unpaired) electrons. The molecule has 0 aromatic heterocycles. The molecule has 1 atom stereocenters. The minimum Gasteiger partial charge on any atom is -0.493 e. The molecule has 1 amide bonds. The van der Waals surface area contributed by atoms with E-state index in [1.807, 2.05) is 30.3 Å².